The van der Waals surface area contributed by atoms with Crippen LogP contribution in [0.3, 0.4) is 0 Å². The topological polar surface area (TPSA) is 102 Å². The first-order valence-corrected chi connectivity index (χ1v) is 6.73. The Morgan fingerprint density at radius 1 is 1.36 bits per heavy atom. The number of aryl methyl sites for hydroxylation is 1. The van der Waals surface area contributed by atoms with Crippen molar-refractivity contribution >= 4 is 17.7 Å². The lowest BCUT2D eigenvalue weighted by molar-refractivity contribution is -0.124. The molecule has 2 N–H and O–H groups in total. The van der Waals surface area contributed by atoms with E-state index in [1.165, 1.54) is 24.3 Å². The molecule has 0 saturated heterocycles. The molecule has 2 aromatic rings. The highest BCUT2D eigenvalue weighted by atomic mass is 16.5. The van der Waals surface area contributed by atoms with Gasteiger partial charge in [0.1, 0.15) is 11.5 Å². The van der Waals surface area contributed by atoms with Crippen LogP contribution in [0.25, 0.3) is 0 Å². The van der Waals surface area contributed by atoms with Gasteiger partial charge in [0.2, 0.25) is 0 Å². The Morgan fingerprint density at radius 2 is 2.05 bits per heavy atom. The summed E-state index contributed by atoms with van der Waals surface area (Å²) < 4.78 is 10.0. The lowest BCUT2D eigenvalue weighted by Gasteiger charge is -2.15. The summed E-state index contributed by atoms with van der Waals surface area (Å²) in [7, 11) is 0. The molecule has 22 heavy (non-hydrogen) atoms. The number of carbonyl (C=O) groups is 2. The summed E-state index contributed by atoms with van der Waals surface area (Å²) in [5.41, 5.74) is 0.251. The van der Waals surface area contributed by atoms with E-state index in [-0.39, 0.29) is 17.1 Å². The Bertz CT molecular complexity index is 663. The predicted molar refractivity (Wildman–Crippen MR) is 77.5 cm³/mol. The number of carbonyl (C=O) groups excluding carboxylic acids is 2. The minimum absolute atomic E-state index is 0.0442. The van der Waals surface area contributed by atoms with Gasteiger partial charge in [-0.15, -0.1) is 0 Å². The van der Waals surface area contributed by atoms with Gasteiger partial charge in [0, 0.05) is 6.07 Å². The molecule has 116 valence electrons. The fraction of sp³-hybridized carbons (Fsp3) is 0.267. The monoisotopic (exact) mass is 304 g/mol. The van der Waals surface area contributed by atoms with Crippen LogP contribution in [-0.4, -0.2) is 28.2 Å². The number of phenols is 1. The Hall–Kier alpha value is -2.83. The SMILES string of the molecule is CC[C@@H](OC(=O)c1ccc(O)cc1)C(=O)Nc1cc(C)on1. The fourth-order valence-electron chi connectivity index (χ4n) is 1.75. The number of ether oxygens (including phenoxy) is 1. The summed E-state index contributed by atoms with van der Waals surface area (Å²) in [6.07, 6.45) is -0.634. The van der Waals surface area contributed by atoms with Crippen LogP contribution in [-0.2, 0) is 9.53 Å². The number of hydrogen-bond acceptors (Lipinski definition) is 6. The number of amides is 1. The number of hydrogen-bond donors (Lipinski definition) is 2. The van der Waals surface area contributed by atoms with Gasteiger partial charge in [-0.2, -0.15) is 0 Å². The van der Waals surface area contributed by atoms with Gasteiger partial charge >= 0.3 is 5.97 Å². The van der Waals surface area contributed by atoms with Crippen molar-refractivity contribution in [3.8, 4) is 5.75 Å². The Labute approximate surface area is 126 Å². The molecule has 1 aromatic carbocycles. The summed E-state index contributed by atoms with van der Waals surface area (Å²) in [5.74, 6) is -0.255. The van der Waals surface area contributed by atoms with Gasteiger partial charge in [0.05, 0.1) is 5.56 Å². The zero-order chi connectivity index (χ0) is 16.1. The largest absolute Gasteiger partial charge is 0.508 e. The second kappa shape index (κ2) is 6.75. The molecule has 0 aliphatic heterocycles. The maximum absolute atomic E-state index is 12.1. The zero-order valence-corrected chi connectivity index (χ0v) is 12.2. The lowest BCUT2D eigenvalue weighted by atomic mass is 10.2. The third kappa shape index (κ3) is 3.85. The number of aromatic hydroxyl groups is 1. The van der Waals surface area contributed by atoms with Crippen LogP contribution in [0.5, 0.6) is 5.75 Å². The maximum atomic E-state index is 12.1. The number of nitrogens with one attached hydrogen (secondary N) is 1. The van der Waals surface area contributed by atoms with Crippen molar-refractivity contribution in [1.82, 2.24) is 5.16 Å². The molecule has 0 aliphatic carbocycles. The number of phenolic OH excluding ortho intramolecular Hbond substituents is 1. The van der Waals surface area contributed by atoms with E-state index >= 15 is 0 Å². The maximum Gasteiger partial charge on any atom is 0.338 e. The normalized spacial score (nSPS) is 11.7. The average Bonchev–Trinajstić information content (AvgIpc) is 2.90. The molecule has 1 aromatic heterocycles. The molecule has 0 aliphatic rings. The molecule has 0 bridgehead atoms. The van der Waals surface area contributed by atoms with Crippen LogP contribution in [0.4, 0.5) is 5.82 Å². The molecule has 2 rings (SSSR count). The summed E-state index contributed by atoms with van der Waals surface area (Å²) in [6, 6.07) is 7.14. The highest BCUT2D eigenvalue weighted by Gasteiger charge is 2.22. The first-order valence-electron chi connectivity index (χ1n) is 6.73. The molecule has 0 spiro atoms. The van der Waals surface area contributed by atoms with Crippen molar-refractivity contribution in [3.05, 3.63) is 41.7 Å². The van der Waals surface area contributed by atoms with Crippen molar-refractivity contribution in [1.29, 1.82) is 0 Å². The summed E-state index contributed by atoms with van der Waals surface area (Å²) >= 11 is 0. The number of anilines is 1. The number of benzene rings is 1. The predicted octanol–water partition coefficient (Wildman–Crippen LogP) is 2.26. The van der Waals surface area contributed by atoms with E-state index in [2.05, 4.69) is 10.5 Å². The Kier molecular flexibility index (Phi) is 4.77. The Morgan fingerprint density at radius 3 is 2.59 bits per heavy atom. The van der Waals surface area contributed by atoms with E-state index in [1.54, 1.807) is 19.9 Å². The molecular formula is C15H16N2O5. The van der Waals surface area contributed by atoms with Crippen molar-refractivity contribution in [3.63, 3.8) is 0 Å². The summed E-state index contributed by atoms with van der Waals surface area (Å²) in [6.45, 7) is 3.42. The Balaban J connectivity index is 2.00. The molecule has 0 unspecified atom stereocenters. The molecule has 7 heteroatoms. The van der Waals surface area contributed by atoms with E-state index in [0.29, 0.717) is 12.2 Å². The highest BCUT2D eigenvalue weighted by molar-refractivity contribution is 5.97. The second-order valence-corrected chi connectivity index (χ2v) is 4.66. The van der Waals surface area contributed by atoms with Crippen LogP contribution in [0.1, 0.15) is 29.5 Å². The third-order valence-electron chi connectivity index (χ3n) is 2.89. The van der Waals surface area contributed by atoms with Crippen molar-refractivity contribution < 1.29 is 24.0 Å². The van der Waals surface area contributed by atoms with Crippen LogP contribution < -0.4 is 5.32 Å². The molecule has 1 atom stereocenters. The number of rotatable bonds is 5. The second-order valence-electron chi connectivity index (χ2n) is 4.66. The molecule has 0 radical (unpaired) electrons. The van der Waals surface area contributed by atoms with Gasteiger partial charge in [0.25, 0.3) is 5.91 Å². The van der Waals surface area contributed by atoms with Crippen LogP contribution in [0.2, 0.25) is 0 Å². The van der Waals surface area contributed by atoms with Crippen molar-refractivity contribution in [2.45, 2.75) is 26.4 Å². The fourth-order valence-corrected chi connectivity index (χ4v) is 1.75. The summed E-state index contributed by atoms with van der Waals surface area (Å²) in [4.78, 5) is 24.0. The van der Waals surface area contributed by atoms with Crippen LogP contribution in [0.15, 0.2) is 34.9 Å². The van der Waals surface area contributed by atoms with E-state index in [4.69, 9.17) is 9.26 Å². The van der Waals surface area contributed by atoms with E-state index in [9.17, 15) is 14.7 Å². The molecule has 7 nitrogen and oxygen atoms in total. The minimum atomic E-state index is -0.946. The quantitative estimate of drug-likeness (QED) is 0.822. The van der Waals surface area contributed by atoms with Gasteiger partial charge in [0.15, 0.2) is 11.9 Å². The number of esters is 1. The molecular weight excluding hydrogens is 288 g/mol. The third-order valence-corrected chi connectivity index (χ3v) is 2.89. The highest BCUT2D eigenvalue weighted by Crippen LogP contribution is 2.14. The van der Waals surface area contributed by atoms with Crippen molar-refractivity contribution in [2.24, 2.45) is 0 Å². The number of aromatic nitrogens is 1. The van der Waals surface area contributed by atoms with Crippen molar-refractivity contribution in [2.75, 3.05) is 5.32 Å². The van der Waals surface area contributed by atoms with Gasteiger partial charge in [-0.05, 0) is 37.6 Å². The van der Waals surface area contributed by atoms with E-state index < -0.39 is 18.0 Å². The zero-order valence-electron chi connectivity index (χ0n) is 12.2. The lowest BCUT2D eigenvalue weighted by Crippen LogP contribution is -2.32. The van der Waals surface area contributed by atoms with Crippen LogP contribution in [0, 0.1) is 6.92 Å². The van der Waals surface area contributed by atoms with Gasteiger partial charge < -0.3 is 19.7 Å². The molecule has 0 fully saturated rings. The van der Waals surface area contributed by atoms with Gasteiger partial charge in [-0.1, -0.05) is 12.1 Å². The average molecular weight is 304 g/mol. The molecule has 1 amide bonds. The first kappa shape index (κ1) is 15.6. The smallest absolute Gasteiger partial charge is 0.338 e. The first-order chi connectivity index (χ1) is 10.5. The standard InChI is InChI=1S/C15H16N2O5/c1-3-12(14(19)16-13-8-9(2)22-17-13)21-15(20)10-4-6-11(18)7-5-10/h4-8,12,18H,3H2,1-2H3,(H,16,17,19)/t12-/m1/s1. The van der Waals surface area contributed by atoms with Gasteiger partial charge in [-0.3, -0.25) is 4.79 Å². The van der Waals surface area contributed by atoms with E-state index in [0.717, 1.165) is 0 Å². The molecule has 0 saturated carbocycles. The van der Waals surface area contributed by atoms with Crippen LogP contribution >= 0.6 is 0 Å². The molecule has 1 heterocycles. The van der Waals surface area contributed by atoms with E-state index in [1.807, 2.05) is 0 Å². The van der Waals surface area contributed by atoms with Gasteiger partial charge in [-0.25, -0.2) is 4.79 Å². The number of nitrogens with zero attached hydrogens (tertiary/aromatic N) is 1. The summed E-state index contributed by atoms with van der Waals surface area (Å²) in [5, 5.41) is 15.4. The minimum Gasteiger partial charge on any atom is -0.508 e.